The number of piperidine rings is 1. The largest absolute Gasteiger partial charge is 0.378 e. The van der Waals surface area contributed by atoms with Crippen LogP contribution < -0.4 is 0 Å². The van der Waals surface area contributed by atoms with Crippen molar-refractivity contribution < 1.29 is 9.53 Å². The predicted molar refractivity (Wildman–Crippen MR) is 122 cm³/mol. The van der Waals surface area contributed by atoms with Crippen LogP contribution in [-0.4, -0.2) is 79.1 Å². The van der Waals surface area contributed by atoms with Crippen molar-refractivity contribution in [2.45, 2.75) is 24.9 Å². The van der Waals surface area contributed by atoms with Gasteiger partial charge in [-0.1, -0.05) is 60.7 Å². The third kappa shape index (κ3) is 4.54. The molecule has 5 heteroatoms. The van der Waals surface area contributed by atoms with Gasteiger partial charge >= 0.3 is 0 Å². The first kappa shape index (κ1) is 20.7. The molecule has 5 rings (SSSR count). The van der Waals surface area contributed by atoms with Crippen LogP contribution in [0.4, 0.5) is 0 Å². The number of benzene rings is 2. The van der Waals surface area contributed by atoms with Gasteiger partial charge in [0.05, 0.1) is 19.3 Å². The third-order valence-corrected chi connectivity index (χ3v) is 7.20. The minimum Gasteiger partial charge on any atom is -0.378 e. The SMILES string of the molecule is O=C(C1CCN(C2CN(C(c3ccccc3)c3ccccc3)C2)CC1)N1CCOCC1. The van der Waals surface area contributed by atoms with Gasteiger partial charge in [0.1, 0.15) is 0 Å². The molecule has 2 aromatic carbocycles. The number of morpholine rings is 1. The first-order chi connectivity index (χ1) is 15.3. The normalized spacial score (nSPS) is 21.9. The summed E-state index contributed by atoms with van der Waals surface area (Å²) in [5.74, 6) is 0.554. The van der Waals surface area contributed by atoms with Gasteiger partial charge in [0.2, 0.25) is 5.91 Å². The minimum atomic E-state index is 0.201. The van der Waals surface area contributed by atoms with Gasteiger partial charge < -0.3 is 9.64 Å². The number of carbonyl (C=O) groups excluding carboxylic acids is 1. The molecule has 3 heterocycles. The first-order valence-corrected chi connectivity index (χ1v) is 11.7. The maximum Gasteiger partial charge on any atom is 0.225 e. The summed E-state index contributed by atoms with van der Waals surface area (Å²) in [5.41, 5.74) is 2.73. The van der Waals surface area contributed by atoms with E-state index >= 15 is 0 Å². The van der Waals surface area contributed by atoms with Crippen molar-refractivity contribution in [3.8, 4) is 0 Å². The Morgan fingerprint density at radius 3 is 1.90 bits per heavy atom. The molecular formula is C26H33N3O2. The second-order valence-corrected chi connectivity index (χ2v) is 9.08. The molecule has 0 N–H and O–H groups in total. The van der Waals surface area contributed by atoms with Gasteiger partial charge in [-0.15, -0.1) is 0 Å². The average Bonchev–Trinajstić information content (AvgIpc) is 2.82. The van der Waals surface area contributed by atoms with Crippen molar-refractivity contribution >= 4 is 5.91 Å². The lowest BCUT2D eigenvalue weighted by atomic mass is 9.90. The highest BCUT2D eigenvalue weighted by molar-refractivity contribution is 5.79. The quantitative estimate of drug-likeness (QED) is 0.747. The van der Waals surface area contributed by atoms with Crippen LogP contribution in [0.25, 0.3) is 0 Å². The standard InChI is InChI=1S/C26H33N3O2/c30-26(28-15-17-31-18-16-28)23-11-13-27(14-12-23)24-19-29(20-24)25(21-7-3-1-4-8-21)22-9-5-2-6-10-22/h1-10,23-25H,11-20H2. The first-order valence-electron chi connectivity index (χ1n) is 11.7. The Bertz CT molecular complexity index is 800. The number of carbonyl (C=O) groups is 1. The van der Waals surface area contributed by atoms with E-state index in [9.17, 15) is 4.79 Å². The van der Waals surface area contributed by atoms with Gasteiger partial charge in [-0.05, 0) is 37.1 Å². The fraction of sp³-hybridized carbons (Fsp3) is 0.500. The van der Waals surface area contributed by atoms with Crippen molar-refractivity contribution in [1.29, 1.82) is 0 Å². The van der Waals surface area contributed by atoms with Crippen molar-refractivity contribution in [2.24, 2.45) is 5.92 Å². The molecule has 3 fully saturated rings. The summed E-state index contributed by atoms with van der Waals surface area (Å²) in [6, 6.07) is 22.6. The lowest BCUT2D eigenvalue weighted by molar-refractivity contribution is -0.141. The second kappa shape index (κ2) is 9.51. The molecule has 164 valence electrons. The van der Waals surface area contributed by atoms with Crippen LogP contribution in [0, 0.1) is 5.92 Å². The molecule has 2 aromatic rings. The highest BCUT2D eigenvalue weighted by atomic mass is 16.5. The van der Waals surface area contributed by atoms with Gasteiger partial charge in [0.15, 0.2) is 0 Å². The molecule has 31 heavy (non-hydrogen) atoms. The van der Waals surface area contributed by atoms with Crippen LogP contribution >= 0.6 is 0 Å². The fourth-order valence-electron chi connectivity index (χ4n) is 5.37. The predicted octanol–water partition coefficient (Wildman–Crippen LogP) is 3.03. The van der Waals surface area contributed by atoms with Crippen LogP contribution in [0.1, 0.15) is 30.0 Å². The third-order valence-electron chi connectivity index (χ3n) is 7.20. The lowest BCUT2D eigenvalue weighted by Crippen LogP contribution is -2.61. The van der Waals surface area contributed by atoms with E-state index in [0.717, 1.165) is 52.1 Å². The van der Waals surface area contributed by atoms with E-state index in [0.29, 0.717) is 31.2 Å². The van der Waals surface area contributed by atoms with E-state index in [4.69, 9.17) is 4.74 Å². The number of likely N-dealkylation sites (tertiary alicyclic amines) is 2. The molecule has 0 aliphatic carbocycles. The van der Waals surface area contributed by atoms with E-state index < -0.39 is 0 Å². The Balaban J connectivity index is 1.17. The van der Waals surface area contributed by atoms with Crippen molar-refractivity contribution in [1.82, 2.24) is 14.7 Å². The summed E-state index contributed by atoms with van der Waals surface area (Å²) in [4.78, 5) is 20.0. The van der Waals surface area contributed by atoms with Gasteiger partial charge in [0.25, 0.3) is 0 Å². The molecule has 0 unspecified atom stereocenters. The number of hydrogen-bond acceptors (Lipinski definition) is 4. The van der Waals surface area contributed by atoms with E-state index in [1.54, 1.807) is 0 Å². The van der Waals surface area contributed by atoms with E-state index in [2.05, 4.69) is 70.5 Å². The number of rotatable bonds is 5. The summed E-state index contributed by atoms with van der Waals surface area (Å²) < 4.78 is 5.39. The van der Waals surface area contributed by atoms with Crippen LogP contribution in [-0.2, 0) is 9.53 Å². The molecule has 0 bridgehead atoms. The molecule has 3 aliphatic rings. The van der Waals surface area contributed by atoms with Gasteiger partial charge in [-0.2, -0.15) is 0 Å². The van der Waals surface area contributed by atoms with Crippen LogP contribution in [0.5, 0.6) is 0 Å². The molecule has 0 atom stereocenters. The van der Waals surface area contributed by atoms with Gasteiger partial charge in [-0.25, -0.2) is 0 Å². The number of nitrogens with zero attached hydrogens (tertiary/aromatic N) is 3. The van der Waals surface area contributed by atoms with Crippen LogP contribution in [0.3, 0.4) is 0 Å². The lowest BCUT2D eigenvalue weighted by Gasteiger charge is -2.50. The van der Waals surface area contributed by atoms with Gasteiger partial charge in [0, 0.05) is 38.1 Å². The van der Waals surface area contributed by atoms with E-state index in [1.807, 2.05) is 4.90 Å². The molecular weight excluding hydrogens is 386 g/mol. The molecule has 0 saturated carbocycles. The zero-order chi connectivity index (χ0) is 21.0. The highest BCUT2D eigenvalue weighted by Gasteiger charge is 2.39. The summed E-state index contributed by atoms with van der Waals surface area (Å²) in [5, 5.41) is 0. The molecule has 0 radical (unpaired) electrons. The number of amides is 1. The van der Waals surface area contributed by atoms with Crippen molar-refractivity contribution in [3.05, 3.63) is 71.8 Å². The zero-order valence-electron chi connectivity index (χ0n) is 18.2. The Kier molecular flexibility index (Phi) is 6.35. The average molecular weight is 420 g/mol. The van der Waals surface area contributed by atoms with Crippen molar-refractivity contribution in [3.63, 3.8) is 0 Å². The van der Waals surface area contributed by atoms with Crippen LogP contribution in [0.2, 0.25) is 0 Å². The highest BCUT2D eigenvalue weighted by Crippen LogP contribution is 2.34. The monoisotopic (exact) mass is 419 g/mol. The topological polar surface area (TPSA) is 36.0 Å². The summed E-state index contributed by atoms with van der Waals surface area (Å²) >= 11 is 0. The maximum absolute atomic E-state index is 12.8. The molecule has 0 spiro atoms. The van der Waals surface area contributed by atoms with E-state index in [1.165, 1.54) is 11.1 Å². The molecule has 3 saturated heterocycles. The number of hydrogen-bond donors (Lipinski definition) is 0. The van der Waals surface area contributed by atoms with Crippen molar-refractivity contribution in [2.75, 3.05) is 52.5 Å². The summed E-state index contributed by atoms with van der Waals surface area (Å²) in [6.45, 7) is 7.17. The molecule has 5 nitrogen and oxygen atoms in total. The Morgan fingerprint density at radius 2 is 1.35 bits per heavy atom. The summed E-state index contributed by atoms with van der Waals surface area (Å²) in [6.07, 6.45) is 1.99. The van der Waals surface area contributed by atoms with Gasteiger partial charge in [-0.3, -0.25) is 14.6 Å². The zero-order valence-corrected chi connectivity index (χ0v) is 18.2. The Labute approximate surface area is 185 Å². The molecule has 0 aromatic heterocycles. The Morgan fingerprint density at radius 1 is 0.806 bits per heavy atom. The number of ether oxygens (including phenoxy) is 1. The van der Waals surface area contributed by atoms with E-state index in [-0.39, 0.29) is 5.92 Å². The maximum atomic E-state index is 12.8. The summed E-state index contributed by atoms with van der Waals surface area (Å²) in [7, 11) is 0. The molecule has 1 amide bonds. The second-order valence-electron chi connectivity index (χ2n) is 9.08. The molecule has 3 aliphatic heterocycles. The smallest absolute Gasteiger partial charge is 0.225 e. The van der Waals surface area contributed by atoms with Crippen LogP contribution in [0.15, 0.2) is 60.7 Å². The minimum absolute atomic E-state index is 0.201. The Hall–Kier alpha value is -2.21. The fourth-order valence-corrected chi connectivity index (χ4v) is 5.37.